The minimum Gasteiger partial charge on any atom is -0.619 e. The van der Waals surface area contributed by atoms with Crippen molar-refractivity contribution in [3.63, 3.8) is 0 Å². The van der Waals surface area contributed by atoms with Crippen molar-refractivity contribution in [2.45, 2.75) is 0 Å². The number of hydrogen-bond acceptors (Lipinski definition) is 2. The number of pyridine rings is 1. The molecule has 2 aromatic heterocycles. The van der Waals surface area contributed by atoms with Crippen molar-refractivity contribution in [2.24, 2.45) is 0 Å². The SMILES string of the molecule is O=C(c1c(F)cccc1Cl)n1ccc2c[n+]([O-])ccc21. The number of nitrogens with zero attached hydrogens (tertiary/aromatic N) is 2. The Morgan fingerprint density at radius 1 is 1.30 bits per heavy atom. The van der Waals surface area contributed by atoms with Gasteiger partial charge in [0.15, 0.2) is 12.4 Å². The lowest BCUT2D eigenvalue weighted by atomic mass is 10.2. The quantitative estimate of drug-likeness (QED) is 0.511. The zero-order valence-electron chi connectivity index (χ0n) is 10.1. The highest BCUT2D eigenvalue weighted by Gasteiger charge is 2.19. The first-order chi connectivity index (χ1) is 9.58. The number of aromatic nitrogens is 2. The third-order valence-electron chi connectivity index (χ3n) is 3.00. The summed E-state index contributed by atoms with van der Waals surface area (Å²) in [6, 6.07) is 7.17. The summed E-state index contributed by atoms with van der Waals surface area (Å²) in [5.74, 6) is -1.26. The minimum absolute atomic E-state index is 0.0478. The molecule has 0 saturated carbocycles. The number of hydrogen-bond donors (Lipinski definition) is 0. The van der Waals surface area contributed by atoms with Gasteiger partial charge < -0.3 is 5.21 Å². The lowest BCUT2D eigenvalue weighted by Gasteiger charge is -2.07. The number of halogens is 2. The number of carbonyl (C=O) groups excluding carboxylic acids is 1. The van der Waals surface area contributed by atoms with Crippen molar-refractivity contribution in [1.82, 2.24) is 4.57 Å². The van der Waals surface area contributed by atoms with E-state index in [1.165, 1.54) is 47.4 Å². The van der Waals surface area contributed by atoms with Crippen LogP contribution in [0.15, 0.2) is 48.9 Å². The highest BCUT2D eigenvalue weighted by Crippen LogP contribution is 2.22. The first-order valence-corrected chi connectivity index (χ1v) is 6.14. The van der Waals surface area contributed by atoms with Gasteiger partial charge >= 0.3 is 0 Å². The fraction of sp³-hybridized carbons (Fsp3) is 0. The van der Waals surface area contributed by atoms with Gasteiger partial charge in [-0.15, -0.1) is 0 Å². The van der Waals surface area contributed by atoms with Gasteiger partial charge in [-0.1, -0.05) is 17.7 Å². The molecular weight excluding hydrogens is 283 g/mol. The number of rotatable bonds is 1. The highest BCUT2D eigenvalue weighted by molar-refractivity contribution is 6.34. The van der Waals surface area contributed by atoms with Gasteiger partial charge in [0.1, 0.15) is 5.82 Å². The zero-order chi connectivity index (χ0) is 14.3. The van der Waals surface area contributed by atoms with Gasteiger partial charge in [0.25, 0.3) is 5.91 Å². The topological polar surface area (TPSA) is 48.9 Å². The molecule has 0 spiro atoms. The summed E-state index contributed by atoms with van der Waals surface area (Å²) in [5, 5.41) is 11.8. The summed E-state index contributed by atoms with van der Waals surface area (Å²) in [6.45, 7) is 0. The normalized spacial score (nSPS) is 10.9. The maximum atomic E-state index is 13.8. The van der Waals surface area contributed by atoms with Gasteiger partial charge in [-0.25, -0.2) is 4.39 Å². The molecule has 4 nitrogen and oxygen atoms in total. The van der Waals surface area contributed by atoms with Crippen LogP contribution in [0.4, 0.5) is 4.39 Å². The Hall–Kier alpha value is -2.40. The van der Waals surface area contributed by atoms with Gasteiger partial charge in [0, 0.05) is 12.3 Å². The Morgan fingerprint density at radius 2 is 2.10 bits per heavy atom. The van der Waals surface area contributed by atoms with E-state index in [0.29, 0.717) is 15.6 Å². The second-order valence-corrected chi connectivity index (χ2v) is 4.64. The summed E-state index contributed by atoms with van der Waals surface area (Å²) in [6.07, 6.45) is 4.09. The van der Waals surface area contributed by atoms with E-state index in [4.69, 9.17) is 11.6 Å². The molecule has 0 unspecified atom stereocenters. The van der Waals surface area contributed by atoms with Gasteiger partial charge in [0.2, 0.25) is 0 Å². The second-order valence-electron chi connectivity index (χ2n) is 4.23. The molecule has 0 amide bonds. The zero-order valence-corrected chi connectivity index (χ0v) is 10.8. The molecule has 100 valence electrons. The lowest BCUT2D eigenvalue weighted by molar-refractivity contribution is -0.603. The molecule has 0 N–H and O–H groups in total. The molecule has 6 heteroatoms. The van der Waals surface area contributed by atoms with E-state index in [1.54, 1.807) is 6.07 Å². The highest BCUT2D eigenvalue weighted by atomic mass is 35.5. The van der Waals surface area contributed by atoms with E-state index in [1.807, 2.05) is 0 Å². The van der Waals surface area contributed by atoms with Gasteiger partial charge in [0.05, 0.1) is 21.5 Å². The Kier molecular flexibility index (Phi) is 2.91. The van der Waals surface area contributed by atoms with Gasteiger partial charge in [-0.2, -0.15) is 4.73 Å². The molecule has 0 aliphatic heterocycles. The molecule has 3 aromatic rings. The van der Waals surface area contributed by atoms with Crippen LogP contribution in [0.1, 0.15) is 10.4 Å². The Labute approximate surface area is 118 Å². The van der Waals surface area contributed by atoms with E-state index in [2.05, 4.69) is 0 Å². The average Bonchev–Trinajstić information content (AvgIpc) is 2.81. The summed E-state index contributed by atoms with van der Waals surface area (Å²) in [5.41, 5.74) is 0.326. The Morgan fingerprint density at radius 3 is 2.85 bits per heavy atom. The van der Waals surface area contributed by atoms with Crippen molar-refractivity contribution < 1.29 is 13.9 Å². The van der Waals surface area contributed by atoms with Crippen LogP contribution in [0.3, 0.4) is 0 Å². The third-order valence-corrected chi connectivity index (χ3v) is 3.31. The van der Waals surface area contributed by atoms with E-state index >= 15 is 0 Å². The van der Waals surface area contributed by atoms with Crippen molar-refractivity contribution in [3.8, 4) is 0 Å². The molecule has 0 aliphatic rings. The summed E-state index contributed by atoms with van der Waals surface area (Å²) < 4.78 is 15.7. The van der Waals surface area contributed by atoms with Crippen LogP contribution in [0, 0.1) is 11.0 Å². The van der Waals surface area contributed by atoms with Crippen LogP contribution in [0.5, 0.6) is 0 Å². The smallest absolute Gasteiger partial charge is 0.266 e. The molecule has 0 aliphatic carbocycles. The molecule has 2 heterocycles. The van der Waals surface area contributed by atoms with E-state index in [0.717, 1.165) is 0 Å². The summed E-state index contributed by atoms with van der Waals surface area (Å²) in [7, 11) is 0. The maximum absolute atomic E-state index is 13.8. The van der Waals surface area contributed by atoms with Crippen molar-refractivity contribution >= 4 is 28.4 Å². The Balaban J connectivity index is 2.18. The van der Waals surface area contributed by atoms with Gasteiger partial charge in [-0.3, -0.25) is 9.36 Å². The van der Waals surface area contributed by atoms with Crippen molar-refractivity contribution in [2.75, 3.05) is 0 Å². The second kappa shape index (κ2) is 4.61. The number of carbonyl (C=O) groups is 1. The predicted octanol–water partition coefficient (Wildman–Crippen LogP) is 2.76. The van der Waals surface area contributed by atoms with Crippen LogP contribution in [-0.2, 0) is 0 Å². The maximum Gasteiger partial charge on any atom is 0.266 e. The average molecular weight is 291 g/mol. The molecule has 0 fully saturated rings. The third kappa shape index (κ3) is 1.92. The Bertz CT molecular complexity index is 809. The molecule has 20 heavy (non-hydrogen) atoms. The van der Waals surface area contributed by atoms with Gasteiger partial charge in [-0.05, 0) is 18.2 Å². The van der Waals surface area contributed by atoms with Crippen LogP contribution in [0.25, 0.3) is 10.9 Å². The van der Waals surface area contributed by atoms with Crippen LogP contribution >= 0.6 is 11.6 Å². The van der Waals surface area contributed by atoms with E-state index in [9.17, 15) is 14.4 Å². The summed E-state index contributed by atoms with van der Waals surface area (Å²) in [4.78, 5) is 12.4. The predicted molar refractivity (Wildman–Crippen MR) is 72.0 cm³/mol. The molecule has 0 bridgehead atoms. The lowest BCUT2D eigenvalue weighted by Crippen LogP contribution is -2.24. The van der Waals surface area contributed by atoms with E-state index < -0.39 is 11.7 Å². The molecule has 0 radical (unpaired) electrons. The molecule has 0 saturated heterocycles. The minimum atomic E-state index is -0.681. The van der Waals surface area contributed by atoms with Crippen LogP contribution in [-0.4, -0.2) is 10.5 Å². The fourth-order valence-electron chi connectivity index (χ4n) is 2.07. The van der Waals surface area contributed by atoms with Crippen molar-refractivity contribution in [3.05, 3.63) is 70.5 Å². The molecule has 1 aromatic carbocycles. The number of fused-ring (bicyclic) bond motifs is 1. The largest absolute Gasteiger partial charge is 0.619 e. The standard InChI is InChI=1S/C14H8ClFN2O2/c15-10-2-1-3-11(16)13(10)14(19)18-7-4-9-8-17(20)6-5-12(9)18/h1-8H. The first-order valence-electron chi connectivity index (χ1n) is 5.76. The summed E-state index contributed by atoms with van der Waals surface area (Å²) >= 11 is 5.89. The molecule has 0 atom stereocenters. The first kappa shape index (κ1) is 12.6. The monoisotopic (exact) mass is 290 g/mol. The molecular formula is C14H8ClFN2O2. The number of benzene rings is 1. The van der Waals surface area contributed by atoms with E-state index in [-0.39, 0.29) is 10.6 Å². The van der Waals surface area contributed by atoms with Crippen molar-refractivity contribution in [1.29, 1.82) is 0 Å². The fourth-order valence-corrected chi connectivity index (χ4v) is 2.31. The van der Waals surface area contributed by atoms with Crippen LogP contribution in [0.2, 0.25) is 5.02 Å². The van der Waals surface area contributed by atoms with Crippen LogP contribution < -0.4 is 4.73 Å². The molecule has 3 rings (SSSR count).